The van der Waals surface area contributed by atoms with Crippen LogP contribution in [-0.4, -0.2) is 77.3 Å². The first-order chi connectivity index (χ1) is 20.2. The Hall–Kier alpha value is -3.66. The summed E-state index contributed by atoms with van der Waals surface area (Å²) in [6.45, 7) is 3.65. The standard InChI is InChI=1S/C31H37ClFN5O4/c1-20(39)38-16-15-36(14-4-5-28(38)21-6-8-22(32)9-7-21)31(41)26-19-37(29-12-13-30(40)35(2)34-29)18-25(26)24-11-10-23(42-3)17-27(24)33/h6,8-13,17,21,25-26,28H,4-5,7,14-16,18-19H2,1-3H3/t21?,25-,26+,28-/m0/s1. The first-order valence-electron chi connectivity index (χ1n) is 14.4. The molecule has 0 radical (unpaired) electrons. The molecule has 1 unspecified atom stereocenters. The fourth-order valence-electron chi connectivity index (χ4n) is 6.49. The fourth-order valence-corrected chi connectivity index (χ4v) is 6.65. The maximum absolute atomic E-state index is 15.4. The van der Waals surface area contributed by atoms with Crippen molar-refractivity contribution in [3.05, 3.63) is 75.3 Å². The molecule has 1 aromatic carbocycles. The first-order valence-corrected chi connectivity index (χ1v) is 14.8. The van der Waals surface area contributed by atoms with Gasteiger partial charge in [-0.1, -0.05) is 29.8 Å². The van der Waals surface area contributed by atoms with Gasteiger partial charge in [0.05, 0.1) is 13.0 Å². The number of hydrogen-bond acceptors (Lipinski definition) is 6. The highest BCUT2D eigenvalue weighted by molar-refractivity contribution is 6.31. The van der Waals surface area contributed by atoms with Gasteiger partial charge in [0, 0.05) is 81.7 Å². The van der Waals surface area contributed by atoms with E-state index in [0.29, 0.717) is 54.9 Å². The van der Waals surface area contributed by atoms with Crippen molar-refractivity contribution in [3.63, 3.8) is 0 Å². The summed E-state index contributed by atoms with van der Waals surface area (Å²) in [6.07, 6.45) is 8.25. The maximum atomic E-state index is 15.4. The highest BCUT2D eigenvalue weighted by Gasteiger charge is 2.43. The lowest BCUT2D eigenvalue weighted by Crippen LogP contribution is -2.51. The monoisotopic (exact) mass is 597 g/mol. The van der Waals surface area contributed by atoms with Crippen molar-refractivity contribution in [1.29, 1.82) is 0 Å². The van der Waals surface area contributed by atoms with E-state index in [1.54, 1.807) is 32.2 Å². The number of hydrogen-bond donors (Lipinski definition) is 0. The van der Waals surface area contributed by atoms with Gasteiger partial charge in [-0.15, -0.1) is 0 Å². The van der Waals surface area contributed by atoms with E-state index in [2.05, 4.69) is 11.2 Å². The minimum absolute atomic E-state index is 0.0191. The van der Waals surface area contributed by atoms with Gasteiger partial charge in [-0.3, -0.25) is 14.4 Å². The van der Waals surface area contributed by atoms with Crippen LogP contribution in [0.4, 0.5) is 10.2 Å². The molecule has 2 amide bonds. The molecule has 0 N–H and O–H groups in total. The second kappa shape index (κ2) is 12.7. The summed E-state index contributed by atoms with van der Waals surface area (Å²) in [6, 6.07) is 7.85. The second-order valence-corrected chi connectivity index (χ2v) is 11.7. The Morgan fingerprint density at radius 2 is 1.93 bits per heavy atom. The van der Waals surface area contributed by atoms with E-state index >= 15 is 4.39 Å². The average Bonchev–Trinajstić information content (AvgIpc) is 3.40. The van der Waals surface area contributed by atoms with Crippen LogP contribution >= 0.6 is 11.6 Å². The van der Waals surface area contributed by atoms with Crippen molar-refractivity contribution < 1.29 is 18.7 Å². The molecular weight excluding hydrogens is 561 g/mol. The normalized spacial score (nSPS) is 24.7. The summed E-state index contributed by atoms with van der Waals surface area (Å²) in [5, 5.41) is 5.10. The minimum Gasteiger partial charge on any atom is -0.497 e. The zero-order chi connectivity index (χ0) is 30.0. The smallest absolute Gasteiger partial charge is 0.266 e. The quantitative estimate of drug-likeness (QED) is 0.523. The molecule has 2 aromatic rings. The van der Waals surface area contributed by atoms with E-state index < -0.39 is 17.7 Å². The summed E-state index contributed by atoms with van der Waals surface area (Å²) in [4.78, 5) is 44.6. The van der Waals surface area contributed by atoms with Crippen molar-refractivity contribution >= 4 is 29.2 Å². The number of carbonyl (C=O) groups excluding carboxylic acids is 2. The Labute approximate surface area is 250 Å². The Kier molecular flexibility index (Phi) is 9.01. The van der Waals surface area contributed by atoms with Crippen LogP contribution in [0.1, 0.15) is 37.7 Å². The molecule has 4 atom stereocenters. The summed E-state index contributed by atoms with van der Waals surface area (Å²) < 4.78 is 21.8. The average molecular weight is 598 g/mol. The molecule has 1 aliphatic carbocycles. The predicted octanol–water partition coefficient (Wildman–Crippen LogP) is 3.69. The summed E-state index contributed by atoms with van der Waals surface area (Å²) in [7, 11) is 3.06. The van der Waals surface area contributed by atoms with Crippen LogP contribution in [0, 0.1) is 17.7 Å². The Morgan fingerprint density at radius 1 is 1.12 bits per heavy atom. The third-order valence-corrected chi connectivity index (χ3v) is 9.03. The molecular formula is C31H37ClFN5O4. The summed E-state index contributed by atoms with van der Waals surface area (Å²) >= 11 is 6.14. The molecule has 2 aliphatic heterocycles. The van der Waals surface area contributed by atoms with Crippen molar-refractivity contribution in [2.75, 3.05) is 44.7 Å². The molecule has 1 aromatic heterocycles. The number of amides is 2. The number of halogens is 2. The lowest BCUT2D eigenvalue weighted by molar-refractivity contribution is -0.140. The Morgan fingerprint density at radius 3 is 2.60 bits per heavy atom. The van der Waals surface area contributed by atoms with E-state index in [1.165, 1.54) is 23.9 Å². The third kappa shape index (κ3) is 6.23. The van der Waals surface area contributed by atoms with Gasteiger partial charge in [-0.05, 0) is 43.0 Å². The van der Waals surface area contributed by atoms with Gasteiger partial charge in [-0.2, -0.15) is 5.10 Å². The van der Waals surface area contributed by atoms with E-state index in [1.807, 2.05) is 26.9 Å². The number of allylic oxidation sites excluding steroid dienone is 3. The third-order valence-electron chi connectivity index (χ3n) is 8.75. The molecule has 2 saturated heterocycles. The van der Waals surface area contributed by atoms with Crippen LogP contribution in [0.25, 0.3) is 0 Å². The van der Waals surface area contributed by atoms with Crippen LogP contribution in [0.5, 0.6) is 5.75 Å². The largest absolute Gasteiger partial charge is 0.497 e. The number of rotatable bonds is 5. The zero-order valence-corrected chi connectivity index (χ0v) is 25.0. The van der Waals surface area contributed by atoms with Gasteiger partial charge in [0.2, 0.25) is 11.8 Å². The molecule has 9 nitrogen and oxygen atoms in total. The van der Waals surface area contributed by atoms with Gasteiger partial charge in [0.15, 0.2) is 0 Å². The Bertz CT molecular complexity index is 1460. The number of anilines is 1. The van der Waals surface area contributed by atoms with Gasteiger partial charge < -0.3 is 19.4 Å². The zero-order valence-electron chi connectivity index (χ0n) is 24.2. The predicted molar refractivity (Wildman–Crippen MR) is 159 cm³/mol. The summed E-state index contributed by atoms with van der Waals surface area (Å²) in [5.74, 6) is -0.360. The number of nitrogens with zero attached hydrogens (tertiary/aromatic N) is 5. The molecule has 0 bridgehead atoms. The van der Waals surface area contributed by atoms with Gasteiger partial charge in [-0.25, -0.2) is 9.07 Å². The van der Waals surface area contributed by atoms with Gasteiger partial charge >= 0.3 is 0 Å². The van der Waals surface area contributed by atoms with E-state index in [9.17, 15) is 14.4 Å². The second-order valence-electron chi connectivity index (χ2n) is 11.3. The van der Waals surface area contributed by atoms with Crippen molar-refractivity contribution in [2.24, 2.45) is 18.9 Å². The first kappa shape index (κ1) is 29.8. The van der Waals surface area contributed by atoms with E-state index in [4.69, 9.17) is 16.3 Å². The minimum atomic E-state index is -0.540. The number of carbonyl (C=O) groups is 2. The summed E-state index contributed by atoms with van der Waals surface area (Å²) in [5.41, 5.74) is 0.204. The number of aryl methyl sites for hydroxylation is 1. The van der Waals surface area contributed by atoms with Crippen molar-refractivity contribution in [3.8, 4) is 5.75 Å². The number of ether oxygens (including phenoxy) is 1. The van der Waals surface area contributed by atoms with Crippen molar-refractivity contribution in [2.45, 2.75) is 38.1 Å². The van der Waals surface area contributed by atoms with Gasteiger partial charge in [0.25, 0.3) is 5.56 Å². The molecule has 0 saturated carbocycles. The molecule has 2 fully saturated rings. The molecule has 42 heavy (non-hydrogen) atoms. The van der Waals surface area contributed by atoms with Gasteiger partial charge in [0.1, 0.15) is 17.4 Å². The van der Waals surface area contributed by atoms with Crippen LogP contribution in [-0.2, 0) is 16.6 Å². The van der Waals surface area contributed by atoms with Crippen LogP contribution in [0.3, 0.4) is 0 Å². The fraction of sp³-hybridized carbons (Fsp3) is 0.484. The number of benzene rings is 1. The molecule has 3 heterocycles. The topological polar surface area (TPSA) is 88.0 Å². The molecule has 5 rings (SSSR count). The number of methoxy groups -OCH3 is 1. The van der Waals surface area contributed by atoms with Crippen LogP contribution < -0.4 is 15.2 Å². The highest BCUT2D eigenvalue weighted by Crippen LogP contribution is 2.38. The molecule has 0 spiro atoms. The van der Waals surface area contributed by atoms with Crippen molar-refractivity contribution in [1.82, 2.24) is 19.6 Å². The van der Waals surface area contributed by atoms with Crippen LogP contribution in [0.2, 0.25) is 0 Å². The SMILES string of the molecule is COc1ccc([C@@H]2CN(c3ccc(=O)n(C)n3)C[C@H]2C(=O)N2CCC[C@@H](C3C=CC(Cl)=CC3)N(C(C)=O)CC2)c(F)c1. The van der Waals surface area contributed by atoms with E-state index in [0.717, 1.165) is 19.3 Å². The lowest BCUT2D eigenvalue weighted by atomic mass is 9.86. The molecule has 11 heteroatoms. The highest BCUT2D eigenvalue weighted by atomic mass is 35.5. The lowest BCUT2D eigenvalue weighted by Gasteiger charge is -2.40. The van der Waals surface area contributed by atoms with E-state index in [-0.39, 0.29) is 29.3 Å². The number of aromatic nitrogens is 2. The van der Waals surface area contributed by atoms with Crippen LogP contribution in [0.15, 0.2) is 58.4 Å². The maximum Gasteiger partial charge on any atom is 0.266 e. The molecule has 224 valence electrons. The Balaban J connectivity index is 1.39. The molecule has 3 aliphatic rings.